The number of ether oxygens (including phenoxy) is 2. The van der Waals surface area contributed by atoms with E-state index in [4.69, 9.17) is 9.47 Å². The van der Waals surface area contributed by atoms with E-state index >= 15 is 0 Å². The SMILES string of the molecule is CCN(Cc1ccc(OC)cc1)C(=O)C1CCCCN1C(=O)OC(C)(C)C. The van der Waals surface area contributed by atoms with Crippen LogP contribution in [0.25, 0.3) is 0 Å². The molecule has 1 fully saturated rings. The van der Waals surface area contributed by atoms with Gasteiger partial charge in [-0.3, -0.25) is 9.69 Å². The molecule has 6 nitrogen and oxygen atoms in total. The Balaban J connectivity index is 2.11. The molecule has 27 heavy (non-hydrogen) atoms. The van der Waals surface area contributed by atoms with Crippen LogP contribution in [0.1, 0.15) is 52.5 Å². The molecule has 1 aliphatic rings. The van der Waals surface area contributed by atoms with Crippen molar-refractivity contribution >= 4 is 12.0 Å². The quantitative estimate of drug-likeness (QED) is 0.784. The fourth-order valence-electron chi connectivity index (χ4n) is 3.24. The highest BCUT2D eigenvalue weighted by molar-refractivity contribution is 5.86. The molecule has 1 aromatic carbocycles. The lowest BCUT2D eigenvalue weighted by Crippen LogP contribution is -2.53. The monoisotopic (exact) mass is 376 g/mol. The van der Waals surface area contributed by atoms with Crippen molar-refractivity contribution in [3.8, 4) is 5.75 Å². The molecule has 1 atom stereocenters. The summed E-state index contributed by atoms with van der Waals surface area (Å²) in [5.74, 6) is 0.774. The lowest BCUT2D eigenvalue weighted by Gasteiger charge is -2.38. The van der Waals surface area contributed by atoms with E-state index < -0.39 is 17.7 Å². The first-order chi connectivity index (χ1) is 12.7. The van der Waals surface area contributed by atoms with Crippen molar-refractivity contribution in [3.05, 3.63) is 29.8 Å². The second kappa shape index (κ2) is 9.11. The highest BCUT2D eigenvalue weighted by Gasteiger charge is 2.36. The van der Waals surface area contributed by atoms with E-state index in [0.717, 1.165) is 24.2 Å². The number of hydrogen-bond acceptors (Lipinski definition) is 4. The smallest absolute Gasteiger partial charge is 0.410 e. The first-order valence-electron chi connectivity index (χ1n) is 9.66. The van der Waals surface area contributed by atoms with Crippen LogP contribution in [-0.2, 0) is 16.1 Å². The molecule has 0 saturated carbocycles. The topological polar surface area (TPSA) is 59.1 Å². The lowest BCUT2D eigenvalue weighted by atomic mass is 10.0. The highest BCUT2D eigenvalue weighted by atomic mass is 16.6. The average molecular weight is 376 g/mol. The van der Waals surface area contributed by atoms with Crippen molar-refractivity contribution in [2.24, 2.45) is 0 Å². The molecule has 0 radical (unpaired) electrons. The second-order valence-corrected chi connectivity index (χ2v) is 7.89. The zero-order valence-electron chi connectivity index (χ0n) is 17.2. The van der Waals surface area contributed by atoms with Crippen LogP contribution in [-0.4, -0.2) is 53.6 Å². The van der Waals surface area contributed by atoms with Crippen molar-refractivity contribution in [2.45, 2.75) is 65.1 Å². The third-order valence-corrected chi connectivity index (χ3v) is 4.64. The number of likely N-dealkylation sites (N-methyl/N-ethyl adjacent to an activating group) is 1. The molecule has 1 heterocycles. The van der Waals surface area contributed by atoms with E-state index in [-0.39, 0.29) is 5.91 Å². The fourth-order valence-corrected chi connectivity index (χ4v) is 3.24. The van der Waals surface area contributed by atoms with E-state index in [1.807, 2.05) is 52.0 Å². The van der Waals surface area contributed by atoms with Crippen LogP contribution in [0, 0.1) is 0 Å². The van der Waals surface area contributed by atoms with Gasteiger partial charge < -0.3 is 14.4 Å². The predicted octanol–water partition coefficient (Wildman–Crippen LogP) is 3.83. The van der Waals surface area contributed by atoms with Crippen molar-refractivity contribution < 1.29 is 19.1 Å². The summed E-state index contributed by atoms with van der Waals surface area (Å²) in [6.07, 6.45) is 2.11. The largest absolute Gasteiger partial charge is 0.497 e. The molecule has 0 aliphatic carbocycles. The fraction of sp³-hybridized carbons (Fsp3) is 0.619. The molecule has 0 bridgehead atoms. The molecule has 2 amide bonds. The summed E-state index contributed by atoms with van der Waals surface area (Å²) in [5, 5.41) is 0. The maximum atomic E-state index is 13.2. The Morgan fingerprint density at radius 3 is 2.41 bits per heavy atom. The molecule has 0 aromatic heterocycles. The third-order valence-electron chi connectivity index (χ3n) is 4.64. The summed E-state index contributed by atoms with van der Waals surface area (Å²) in [7, 11) is 1.63. The van der Waals surface area contributed by atoms with Crippen molar-refractivity contribution in [1.29, 1.82) is 0 Å². The number of benzene rings is 1. The lowest BCUT2D eigenvalue weighted by molar-refractivity contribution is -0.138. The summed E-state index contributed by atoms with van der Waals surface area (Å²) >= 11 is 0. The summed E-state index contributed by atoms with van der Waals surface area (Å²) in [6.45, 7) is 9.14. The zero-order valence-corrected chi connectivity index (χ0v) is 17.2. The molecule has 1 unspecified atom stereocenters. The van der Waals surface area contributed by atoms with Crippen LogP contribution in [0.15, 0.2) is 24.3 Å². The Morgan fingerprint density at radius 2 is 1.85 bits per heavy atom. The predicted molar refractivity (Wildman–Crippen MR) is 105 cm³/mol. The molecule has 6 heteroatoms. The summed E-state index contributed by atoms with van der Waals surface area (Å²) in [4.78, 5) is 29.2. The van der Waals surface area contributed by atoms with Gasteiger partial charge in [0.25, 0.3) is 0 Å². The van der Waals surface area contributed by atoms with E-state index in [9.17, 15) is 9.59 Å². The highest BCUT2D eigenvalue weighted by Crippen LogP contribution is 2.23. The molecule has 2 rings (SSSR count). The van der Waals surface area contributed by atoms with E-state index in [2.05, 4.69) is 0 Å². The van der Waals surface area contributed by atoms with E-state index in [1.54, 1.807) is 16.9 Å². The second-order valence-electron chi connectivity index (χ2n) is 7.89. The Hall–Kier alpha value is -2.24. The first kappa shape index (κ1) is 21.1. The van der Waals surface area contributed by atoms with Crippen LogP contribution in [0.4, 0.5) is 4.79 Å². The Kier molecular flexibility index (Phi) is 7.11. The maximum Gasteiger partial charge on any atom is 0.410 e. The Bertz CT molecular complexity index is 637. The van der Waals surface area contributed by atoms with E-state index in [0.29, 0.717) is 26.1 Å². The van der Waals surface area contributed by atoms with Crippen LogP contribution in [0.2, 0.25) is 0 Å². The molecule has 0 spiro atoms. The number of piperidine rings is 1. The zero-order chi connectivity index (χ0) is 20.0. The number of carbonyl (C=O) groups is 2. The summed E-state index contributed by atoms with van der Waals surface area (Å²) in [5.41, 5.74) is 0.459. The van der Waals surface area contributed by atoms with Gasteiger partial charge >= 0.3 is 6.09 Å². The molecular weight excluding hydrogens is 344 g/mol. The van der Waals surface area contributed by atoms with Crippen LogP contribution in [0.5, 0.6) is 5.75 Å². The minimum Gasteiger partial charge on any atom is -0.497 e. The van der Waals surface area contributed by atoms with Gasteiger partial charge in [-0.1, -0.05) is 12.1 Å². The first-order valence-corrected chi connectivity index (χ1v) is 9.66. The number of amides is 2. The summed E-state index contributed by atoms with van der Waals surface area (Å²) in [6, 6.07) is 7.25. The molecular formula is C21H32N2O4. The number of nitrogens with zero attached hydrogens (tertiary/aromatic N) is 2. The number of likely N-dealkylation sites (tertiary alicyclic amines) is 1. The minimum atomic E-state index is -0.574. The summed E-state index contributed by atoms with van der Waals surface area (Å²) < 4.78 is 10.7. The van der Waals surface area contributed by atoms with Crippen LogP contribution in [0.3, 0.4) is 0 Å². The number of carbonyl (C=O) groups excluding carboxylic acids is 2. The van der Waals surface area contributed by atoms with Gasteiger partial charge in [0.05, 0.1) is 7.11 Å². The standard InChI is InChI=1S/C21H32N2O4/c1-6-22(15-16-10-12-17(26-5)13-11-16)19(24)18-9-7-8-14-23(18)20(25)27-21(2,3)4/h10-13,18H,6-9,14-15H2,1-5H3. The van der Waals surface area contributed by atoms with Gasteiger partial charge in [-0.25, -0.2) is 4.79 Å². The van der Waals surface area contributed by atoms with Crippen molar-refractivity contribution in [2.75, 3.05) is 20.2 Å². The van der Waals surface area contributed by atoms with Gasteiger partial charge in [0.1, 0.15) is 17.4 Å². The molecule has 150 valence electrons. The molecule has 1 aliphatic heterocycles. The minimum absolute atomic E-state index is 0.0149. The maximum absolute atomic E-state index is 13.2. The normalized spacial score (nSPS) is 17.4. The number of hydrogen-bond donors (Lipinski definition) is 0. The van der Waals surface area contributed by atoms with Crippen LogP contribution < -0.4 is 4.74 Å². The average Bonchev–Trinajstić information content (AvgIpc) is 2.64. The van der Waals surface area contributed by atoms with Gasteiger partial charge in [0, 0.05) is 19.6 Å². The third kappa shape index (κ3) is 5.88. The Morgan fingerprint density at radius 1 is 1.19 bits per heavy atom. The number of rotatable bonds is 5. The van der Waals surface area contributed by atoms with Gasteiger partial charge in [0.2, 0.25) is 5.91 Å². The van der Waals surface area contributed by atoms with Crippen molar-refractivity contribution in [1.82, 2.24) is 9.80 Å². The molecule has 1 saturated heterocycles. The van der Waals surface area contributed by atoms with E-state index in [1.165, 1.54) is 0 Å². The molecule has 0 N–H and O–H groups in total. The van der Waals surface area contributed by atoms with Gasteiger partial charge in [-0.15, -0.1) is 0 Å². The van der Waals surface area contributed by atoms with Gasteiger partial charge in [-0.2, -0.15) is 0 Å². The van der Waals surface area contributed by atoms with Crippen molar-refractivity contribution in [3.63, 3.8) is 0 Å². The Labute approximate surface area is 162 Å². The van der Waals surface area contributed by atoms with Crippen LogP contribution >= 0.6 is 0 Å². The van der Waals surface area contributed by atoms with Gasteiger partial charge in [0.15, 0.2) is 0 Å². The molecule has 1 aromatic rings. The number of methoxy groups -OCH3 is 1. The van der Waals surface area contributed by atoms with Gasteiger partial charge in [-0.05, 0) is 64.7 Å².